The first-order valence-electron chi connectivity index (χ1n) is 8.03. The molecule has 1 saturated carbocycles. The summed E-state index contributed by atoms with van der Waals surface area (Å²) in [6.07, 6.45) is 5.48. The van der Waals surface area contributed by atoms with Gasteiger partial charge in [-0.25, -0.2) is 0 Å². The van der Waals surface area contributed by atoms with E-state index in [4.69, 9.17) is 4.74 Å². The average molecular weight is 315 g/mol. The van der Waals surface area contributed by atoms with Gasteiger partial charge >= 0.3 is 5.97 Å². The molecule has 0 atom stereocenters. The smallest absolute Gasteiger partial charge is 0.323 e. The van der Waals surface area contributed by atoms with Crippen molar-refractivity contribution in [1.82, 2.24) is 4.57 Å². The standard InChI is InChI=1S/C18H21NO4/c1-23-14-8-7-13-9-15(12-5-3-2-4-6-12)18(22)19(11-17(20)21)16(13)10-14/h7-10,12H,2-6,11H2,1H3,(H,20,21). The van der Waals surface area contributed by atoms with Gasteiger partial charge in [0.2, 0.25) is 0 Å². The van der Waals surface area contributed by atoms with E-state index in [2.05, 4.69) is 0 Å². The fourth-order valence-corrected chi connectivity index (χ4v) is 3.50. The van der Waals surface area contributed by atoms with Gasteiger partial charge in [0, 0.05) is 11.6 Å². The number of methoxy groups -OCH3 is 1. The molecule has 1 fully saturated rings. The molecule has 0 aliphatic heterocycles. The molecule has 0 bridgehead atoms. The molecule has 5 heteroatoms. The number of rotatable bonds is 4. The van der Waals surface area contributed by atoms with Crippen molar-refractivity contribution in [3.63, 3.8) is 0 Å². The van der Waals surface area contributed by atoms with E-state index in [1.54, 1.807) is 13.2 Å². The van der Waals surface area contributed by atoms with Gasteiger partial charge in [-0.05, 0) is 42.3 Å². The van der Waals surface area contributed by atoms with E-state index in [1.165, 1.54) is 11.0 Å². The molecule has 3 rings (SSSR count). The second-order valence-corrected chi connectivity index (χ2v) is 6.14. The lowest BCUT2D eigenvalue weighted by atomic mass is 9.84. The van der Waals surface area contributed by atoms with Gasteiger partial charge in [0.1, 0.15) is 12.3 Å². The Morgan fingerprint density at radius 1 is 1.26 bits per heavy atom. The molecule has 1 aromatic carbocycles. The molecule has 5 nitrogen and oxygen atoms in total. The largest absolute Gasteiger partial charge is 0.497 e. The number of carbonyl (C=O) groups is 1. The third-order valence-corrected chi connectivity index (χ3v) is 4.67. The Labute approximate surface area is 134 Å². The van der Waals surface area contributed by atoms with Gasteiger partial charge < -0.3 is 9.84 Å². The number of hydrogen-bond acceptors (Lipinski definition) is 3. The van der Waals surface area contributed by atoms with Gasteiger partial charge in [0.05, 0.1) is 12.6 Å². The van der Waals surface area contributed by atoms with Crippen LogP contribution in [-0.4, -0.2) is 22.8 Å². The van der Waals surface area contributed by atoms with Crippen molar-refractivity contribution in [2.75, 3.05) is 7.11 Å². The van der Waals surface area contributed by atoms with Crippen LogP contribution in [0.4, 0.5) is 0 Å². The number of carboxylic acid groups (broad SMARTS) is 1. The molecule has 1 aliphatic carbocycles. The molecule has 1 heterocycles. The van der Waals surface area contributed by atoms with Gasteiger partial charge in [-0.1, -0.05) is 19.3 Å². The van der Waals surface area contributed by atoms with Gasteiger partial charge in [-0.15, -0.1) is 0 Å². The second-order valence-electron chi connectivity index (χ2n) is 6.14. The number of pyridine rings is 1. The van der Waals surface area contributed by atoms with Crippen molar-refractivity contribution in [1.29, 1.82) is 0 Å². The minimum atomic E-state index is -1.02. The Bertz CT molecular complexity index is 787. The molecule has 0 amide bonds. The molecule has 2 aromatic rings. The van der Waals surface area contributed by atoms with Crippen molar-refractivity contribution in [2.45, 2.75) is 44.6 Å². The van der Waals surface area contributed by atoms with Crippen molar-refractivity contribution < 1.29 is 14.6 Å². The van der Waals surface area contributed by atoms with E-state index >= 15 is 0 Å². The summed E-state index contributed by atoms with van der Waals surface area (Å²) in [5, 5.41) is 10.1. The maximum absolute atomic E-state index is 12.9. The van der Waals surface area contributed by atoms with Crippen molar-refractivity contribution in [3.05, 3.63) is 40.2 Å². The lowest BCUT2D eigenvalue weighted by Gasteiger charge is -2.23. The highest BCUT2D eigenvalue weighted by atomic mass is 16.5. The lowest BCUT2D eigenvalue weighted by Crippen LogP contribution is -2.29. The molecule has 0 spiro atoms. The Hall–Kier alpha value is -2.30. The summed E-state index contributed by atoms with van der Waals surface area (Å²) in [7, 11) is 1.55. The number of carboxylic acids is 1. The molecular formula is C18H21NO4. The zero-order chi connectivity index (χ0) is 16.4. The van der Waals surface area contributed by atoms with Gasteiger partial charge in [-0.3, -0.25) is 14.2 Å². The van der Waals surface area contributed by atoms with E-state index in [0.717, 1.165) is 36.6 Å². The Balaban J connectivity index is 2.20. The maximum Gasteiger partial charge on any atom is 0.323 e. The van der Waals surface area contributed by atoms with Crippen LogP contribution in [-0.2, 0) is 11.3 Å². The summed E-state index contributed by atoms with van der Waals surface area (Å²) in [6, 6.07) is 7.39. The second kappa shape index (κ2) is 6.44. The van der Waals surface area contributed by atoms with Crippen molar-refractivity contribution in [3.8, 4) is 5.75 Å². The minimum absolute atomic E-state index is 0.181. The first-order valence-corrected chi connectivity index (χ1v) is 8.03. The molecule has 1 N–H and O–H groups in total. The predicted octanol–water partition coefficient (Wildman–Crippen LogP) is 3.14. The predicted molar refractivity (Wildman–Crippen MR) is 88.2 cm³/mol. The number of hydrogen-bond donors (Lipinski definition) is 1. The third kappa shape index (κ3) is 3.09. The molecule has 0 unspecified atom stereocenters. The molecular weight excluding hydrogens is 294 g/mol. The Morgan fingerprint density at radius 2 is 2.00 bits per heavy atom. The van der Waals surface area contributed by atoms with Crippen LogP contribution in [0.2, 0.25) is 0 Å². The molecule has 0 radical (unpaired) electrons. The van der Waals surface area contributed by atoms with Crippen LogP contribution in [0.1, 0.15) is 43.6 Å². The number of ether oxygens (including phenoxy) is 1. The highest BCUT2D eigenvalue weighted by molar-refractivity contribution is 5.82. The van der Waals surface area contributed by atoms with E-state index < -0.39 is 5.97 Å². The first kappa shape index (κ1) is 15.6. The normalized spacial score (nSPS) is 15.7. The quantitative estimate of drug-likeness (QED) is 0.941. The zero-order valence-electron chi connectivity index (χ0n) is 13.2. The summed E-state index contributed by atoms with van der Waals surface area (Å²) < 4.78 is 6.57. The van der Waals surface area contributed by atoms with E-state index in [0.29, 0.717) is 11.3 Å². The van der Waals surface area contributed by atoms with Crippen LogP contribution < -0.4 is 10.3 Å². The number of aromatic nitrogens is 1. The SMILES string of the molecule is COc1ccc2cc(C3CCCCC3)c(=O)n(CC(=O)O)c2c1. The highest BCUT2D eigenvalue weighted by Gasteiger charge is 2.21. The third-order valence-electron chi connectivity index (χ3n) is 4.67. The maximum atomic E-state index is 12.9. The van der Waals surface area contributed by atoms with Crippen molar-refractivity contribution in [2.24, 2.45) is 0 Å². The van der Waals surface area contributed by atoms with Gasteiger partial charge in [0.15, 0.2) is 0 Å². The average Bonchev–Trinajstić information content (AvgIpc) is 2.57. The fourth-order valence-electron chi connectivity index (χ4n) is 3.50. The lowest BCUT2D eigenvalue weighted by molar-refractivity contribution is -0.137. The summed E-state index contributed by atoms with van der Waals surface area (Å²) in [5.41, 5.74) is 1.18. The first-order chi connectivity index (χ1) is 11.1. The number of benzene rings is 1. The van der Waals surface area contributed by atoms with E-state index in [9.17, 15) is 14.7 Å². The summed E-state index contributed by atoms with van der Waals surface area (Å²) >= 11 is 0. The van der Waals surface area contributed by atoms with E-state index in [-0.39, 0.29) is 18.0 Å². The van der Waals surface area contributed by atoms with E-state index in [1.807, 2.05) is 18.2 Å². The molecule has 0 saturated heterocycles. The summed E-state index contributed by atoms with van der Waals surface area (Å²) in [4.78, 5) is 24.1. The monoisotopic (exact) mass is 315 g/mol. The Morgan fingerprint density at radius 3 is 2.65 bits per heavy atom. The van der Waals surface area contributed by atoms with Crippen LogP contribution >= 0.6 is 0 Å². The molecule has 122 valence electrons. The van der Waals surface area contributed by atoms with Crippen LogP contribution in [0.15, 0.2) is 29.1 Å². The molecule has 23 heavy (non-hydrogen) atoms. The highest BCUT2D eigenvalue weighted by Crippen LogP contribution is 2.32. The topological polar surface area (TPSA) is 68.5 Å². The van der Waals surface area contributed by atoms with Crippen LogP contribution in [0.25, 0.3) is 10.9 Å². The van der Waals surface area contributed by atoms with Crippen LogP contribution in [0, 0.1) is 0 Å². The van der Waals surface area contributed by atoms with Gasteiger partial charge in [0.25, 0.3) is 5.56 Å². The van der Waals surface area contributed by atoms with Gasteiger partial charge in [-0.2, -0.15) is 0 Å². The zero-order valence-corrected chi connectivity index (χ0v) is 13.2. The summed E-state index contributed by atoms with van der Waals surface area (Å²) in [6.45, 7) is -0.330. The van der Waals surface area contributed by atoms with Crippen molar-refractivity contribution >= 4 is 16.9 Å². The number of fused-ring (bicyclic) bond motifs is 1. The number of aliphatic carboxylic acids is 1. The molecule has 1 aliphatic rings. The fraction of sp³-hybridized carbons (Fsp3) is 0.444. The minimum Gasteiger partial charge on any atom is -0.497 e. The summed E-state index contributed by atoms with van der Waals surface area (Å²) in [5.74, 6) is -0.165. The molecule has 1 aromatic heterocycles. The Kier molecular flexibility index (Phi) is 4.37. The van der Waals surface area contributed by atoms with Crippen LogP contribution in [0.5, 0.6) is 5.75 Å². The van der Waals surface area contributed by atoms with Crippen LogP contribution in [0.3, 0.4) is 0 Å². The number of nitrogens with zero attached hydrogens (tertiary/aromatic N) is 1.